The molecule has 0 saturated heterocycles. The van der Waals surface area contributed by atoms with Gasteiger partial charge < -0.3 is 9.97 Å². The number of fused-ring (bicyclic) bond motifs is 1. The van der Waals surface area contributed by atoms with Crippen LogP contribution in [0.25, 0.3) is 22.2 Å². The zero-order chi connectivity index (χ0) is 12.0. The van der Waals surface area contributed by atoms with Gasteiger partial charge in [-0.25, -0.2) is 8.78 Å². The molecule has 0 unspecified atom stereocenters. The normalized spacial score (nSPS) is 11.2. The second-order valence-electron chi connectivity index (χ2n) is 4.02. The molecule has 0 amide bonds. The van der Waals surface area contributed by atoms with Crippen molar-refractivity contribution in [1.29, 1.82) is 0 Å². The van der Waals surface area contributed by atoms with Crippen molar-refractivity contribution in [3.63, 3.8) is 0 Å². The lowest BCUT2D eigenvalue weighted by atomic mass is 10.1. The quantitative estimate of drug-likeness (QED) is 0.640. The van der Waals surface area contributed by atoms with Gasteiger partial charge in [0.05, 0.1) is 11.2 Å². The zero-order valence-corrected chi connectivity index (χ0v) is 9.14. The van der Waals surface area contributed by atoms with Crippen LogP contribution in [0.2, 0.25) is 0 Å². The summed E-state index contributed by atoms with van der Waals surface area (Å²) in [4.78, 5) is 5.88. The molecule has 3 rings (SSSR count). The van der Waals surface area contributed by atoms with E-state index in [4.69, 9.17) is 0 Å². The third-order valence-electron chi connectivity index (χ3n) is 2.97. The van der Waals surface area contributed by atoms with Gasteiger partial charge in [-0.3, -0.25) is 0 Å². The van der Waals surface area contributed by atoms with Gasteiger partial charge in [-0.1, -0.05) is 0 Å². The molecule has 0 bridgehead atoms. The number of aromatic amines is 2. The molecule has 2 nitrogen and oxygen atoms in total. The van der Waals surface area contributed by atoms with E-state index in [1.807, 2.05) is 19.2 Å². The van der Waals surface area contributed by atoms with Crippen molar-refractivity contribution in [1.82, 2.24) is 9.97 Å². The Morgan fingerprint density at radius 1 is 1.06 bits per heavy atom. The highest BCUT2D eigenvalue weighted by molar-refractivity contribution is 5.95. The molecular formula is C13H10F2N2. The maximum atomic E-state index is 13.5. The standard InChI is InChI=1S/C13H10F2N2/c1-7-4-5-16-12(7)9-6-17-13-8(9)2-3-10(14)11(13)15/h2-6,16-17H,1H3. The molecule has 2 aromatic heterocycles. The third kappa shape index (κ3) is 1.37. The lowest BCUT2D eigenvalue weighted by Gasteiger charge is -1.99. The van der Waals surface area contributed by atoms with Gasteiger partial charge in [0.1, 0.15) is 0 Å². The fourth-order valence-electron chi connectivity index (χ4n) is 2.08. The van der Waals surface area contributed by atoms with Gasteiger partial charge in [0.25, 0.3) is 0 Å². The first-order valence-electron chi connectivity index (χ1n) is 5.28. The molecule has 17 heavy (non-hydrogen) atoms. The number of rotatable bonds is 1. The topological polar surface area (TPSA) is 31.6 Å². The molecule has 1 aromatic carbocycles. The van der Waals surface area contributed by atoms with E-state index in [2.05, 4.69) is 9.97 Å². The first-order valence-corrected chi connectivity index (χ1v) is 5.28. The highest BCUT2D eigenvalue weighted by atomic mass is 19.2. The van der Waals surface area contributed by atoms with Crippen LogP contribution in [0.5, 0.6) is 0 Å². The highest BCUT2D eigenvalue weighted by Gasteiger charge is 2.14. The fraction of sp³-hybridized carbons (Fsp3) is 0.0769. The minimum absolute atomic E-state index is 0.203. The Morgan fingerprint density at radius 2 is 1.88 bits per heavy atom. The van der Waals surface area contributed by atoms with Gasteiger partial charge in [-0.2, -0.15) is 0 Å². The number of aromatic nitrogens is 2. The summed E-state index contributed by atoms with van der Waals surface area (Å²) in [6, 6.07) is 4.67. The maximum Gasteiger partial charge on any atom is 0.182 e. The largest absolute Gasteiger partial charge is 0.361 e. The van der Waals surface area contributed by atoms with Gasteiger partial charge in [-0.15, -0.1) is 0 Å². The van der Waals surface area contributed by atoms with Crippen LogP contribution in [0.15, 0.2) is 30.6 Å². The molecule has 86 valence electrons. The minimum atomic E-state index is -0.839. The van der Waals surface area contributed by atoms with E-state index in [1.54, 1.807) is 12.3 Å². The summed E-state index contributed by atoms with van der Waals surface area (Å²) in [5, 5.41) is 0.675. The smallest absolute Gasteiger partial charge is 0.182 e. The summed E-state index contributed by atoms with van der Waals surface area (Å²) in [5.41, 5.74) is 3.04. The Labute approximate surface area is 96.3 Å². The number of H-pyrrole nitrogens is 2. The monoisotopic (exact) mass is 232 g/mol. The summed E-state index contributed by atoms with van der Waals surface area (Å²) in [6.45, 7) is 1.96. The van der Waals surface area contributed by atoms with E-state index in [-0.39, 0.29) is 5.52 Å². The van der Waals surface area contributed by atoms with Crippen LogP contribution in [0.4, 0.5) is 8.78 Å². The second-order valence-corrected chi connectivity index (χ2v) is 4.02. The van der Waals surface area contributed by atoms with Crippen LogP contribution in [-0.4, -0.2) is 9.97 Å². The van der Waals surface area contributed by atoms with E-state index >= 15 is 0 Å². The molecule has 4 heteroatoms. The predicted molar refractivity (Wildman–Crippen MR) is 62.7 cm³/mol. The number of nitrogens with one attached hydrogen (secondary N) is 2. The van der Waals surface area contributed by atoms with Crippen molar-refractivity contribution >= 4 is 10.9 Å². The van der Waals surface area contributed by atoms with Crippen molar-refractivity contribution in [2.24, 2.45) is 0 Å². The lowest BCUT2D eigenvalue weighted by molar-refractivity contribution is 0.515. The Morgan fingerprint density at radius 3 is 2.59 bits per heavy atom. The highest BCUT2D eigenvalue weighted by Crippen LogP contribution is 2.31. The molecule has 2 N–H and O–H groups in total. The third-order valence-corrected chi connectivity index (χ3v) is 2.97. The molecule has 0 spiro atoms. The van der Waals surface area contributed by atoms with Crippen molar-refractivity contribution < 1.29 is 8.78 Å². The molecule has 0 radical (unpaired) electrons. The predicted octanol–water partition coefficient (Wildman–Crippen LogP) is 3.75. The van der Waals surface area contributed by atoms with Crippen LogP contribution in [-0.2, 0) is 0 Å². The molecule has 0 fully saturated rings. The average Bonchev–Trinajstić information content (AvgIpc) is 2.89. The summed E-state index contributed by atoms with van der Waals surface area (Å²) < 4.78 is 26.6. The van der Waals surface area contributed by atoms with Gasteiger partial charge in [-0.05, 0) is 30.7 Å². The molecule has 0 aliphatic heterocycles. The molecule has 0 aliphatic rings. The summed E-state index contributed by atoms with van der Waals surface area (Å²) >= 11 is 0. The van der Waals surface area contributed by atoms with E-state index in [0.717, 1.165) is 22.9 Å². The molecule has 2 heterocycles. The van der Waals surface area contributed by atoms with Crippen molar-refractivity contribution in [2.45, 2.75) is 6.92 Å². The van der Waals surface area contributed by atoms with Crippen LogP contribution >= 0.6 is 0 Å². The summed E-state index contributed by atoms with van der Waals surface area (Å²) in [5.74, 6) is -1.67. The SMILES string of the molecule is Cc1cc[nH]c1-c1c[nH]c2c(F)c(F)ccc12. The van der Waals surface area contributed by atoms with Gasteiger partial charge >= 0.3 is 0 Å². The zero-order valence-electron chi connectivity index (χ0n) is 9.14. The van der Waals surface area contributed by atoms with Gasteiger partial charge in [0.15, 0.2) is 11.6 Å². The second kappa shape index (κ2) is 3.45. The first-order chi connectivity index (χ1) is 8.18. The maximum absolute atomic E-state index is 13.5. The Kier molecular flexibility index (Phi) is 2.04. The Hall–Kier alpha value is -2.10. The minimum Gasteiger partial charge on any atom is -0.361 e. The van der Waals surface area contributed by atoms with E-state index in [0.29, 0.717) is 5.39 Å². The van der Waals surface area contributed by atoms with E-state index < -0.39 is 11.6 Å². The molecule has 0 saturated carbocycles. The lowest BCUT2D eigenvalue weighted by Crippen LogP contribution is -1.85. The van der Waals surface area contributed by atoms with Crippen LogP contribution < -0.4 is 0 Å². The van der Waals surface area contributed by atoms with Gasteiger partial charge in [0.2, 0.25) is 0 Å². The summed E-state index contributed by atoms with van der Waals surface area (Å²) in [7, 11) is 0. The number of aryl methyl sites for hydroxylation is 1. The Balaban J connectivity index is 2.33. The van der Waals surface area contributed by atoms with E-state index in [9.17, 15) is 8.78 Å². The molecule has 3 aromatic rings. The number of halogens is 2. The van der Waals surface area contributed by atoms with Crippen molar-refractivity contribution in [3.05, 3.63) is 47.8 Å². The number of hydrogen-bond acceptors (Lipinski definition) is 0. The molecule has 0 atom stereocenters. The van der Waals surface area contributed by atoms with Crippen molar-refractivity contribution in [3.8, 4) is 11.3 Å². The van der Waals surface area contributed by atoms with Crippen LogP contribution in [0.3, 0.4) is 0 Å². The molecular weight excluding hydrogens is 222 g/mol. The van der Waals surface area contributed by atoms with Crippen LogP contribution in [0, 0.1) is 18.6 Å². The van der Waals surface area contributed by atoms with Gasteiger partial charge in [0, 0.05) is 23.3 Å². The van der Waals surface area contributed by atoms with Crippen LogP contribution in [0.1, 0.15) is 5.56 Å². The fourth-order valence-corrected chi connectivity index (χ4v) is 2.08. The molecule has 0 aliphatic carbocycles. The summed E-state index contributed by atoms with van der Waals surface area (Å²) in [6.07, 6.45) is 3.51. The van der Waals surface area contributed by atoms with Crippen molar-refractivity contribution in [2.75, 3.05) is 0 Å². The first kappa shape index (κ1) is 10.1. The van der Waals surface area contributed by atoms with E-state index in [1.165, 1.54) is 0 Å². The average molecular weight is 232 g/mol. The Bertz CT molecular complexity index is 695. The number of hydrogen-bond donors (Lipinski definition) is 2. The number of benzene rings is 1.